The molecule has 0 spiro atoms. The Bertz CT molecular complexity index is 242. The van der Waals surface area contributed by atoms with E-state index in [1.165, 1.54) is 45.4 Å². The molecule has 0 radical (unpaired) electrons. The molecule has 0 N–H and O–H groups in total. The van der Waals surface area contributed by atoms with Crippen molar-refractivity contribution >= 4 is 5.97 Å². The van der Waals surface area contributed by atoms with Gasteiger partial charge in [-0.2, -0.15) is 0 Å². The van der Waals surface area contributed by atoms with Gasteiger partial charge in [0.25, 0.3) is 0 Å². The Labute approximate surface area is 116 Å². The lowest BCUT2D eigenvalue weighted by Crippen LogP contribution is -2.20. The van der Waals surface area contributed by atoms with E-state index in [-0.39, 0.29) is 18.4 Å². The van der Waals surface area contributed by atoms with Crippen molar-refractivity contribution in [1.82, 2.24) is 0 Å². The van der Waals surface area contributed by atoms with Crippen LogP contribution in [0.4, 0.5) is 0 Å². The van der Waals surface area contributed by atoms with Crippen LogP contribution in [0, 0.1) is 0 Å². The van der Waals surface area contributed by atoms with Crippen LogP contribution in [-0.4, -0.2) is 31.6 Å². The number of esters is 1. The number of ether oxygens (including phenoxy) is 3. The molecule has 112 valence electrons. The summed E-state index contributed by atoms with van der Waals surface area (Å²) in [6.07, 6.45) is 9.83. The molecule has 1 rings (SSSR count). The van der Waals surface area contributed by atoms with E-state index >= 15 is 0 Å². The molecule has 0 aromatic heterocycles. The third-order valence-electron chi connectivity index (χ3n) is 3.33. The molecular weight excluding hydrogens is 244 g/mol. The minimum atomic E-state index is -0.265. The van der Waals surface area contributed by atoms with Gasteiger partial charge >= 0.3 is 5.97 Å². The van der Waals surface area contributed by atoms with E-state index in [0.717, 1.165) is 12.8 Å². The Kier molecular flexibility index (Phi) is 8.84. The predicted octanol–water partition coefficient (Wildman–Crippen LogP) is 3.43. The fourth-order valence-corrected chi connectivity index (χ4v) is 2.23. The van der Waals surface area contributed by atoms with Crippen LogP contribution in [0.3, 0.4) is 0 Å². The zero-order valence-electron chi connectivity index (χ0n) is 12.4. The van der Waals surface area contributed by atoms with Gasteiger partial charge in [0.15, 0.2) is 6.29 Å². The standard InChI is InChI=1S/C15H28O4/c1-3-4-5-6-7-8-9-10-15-18-12-14(19-15)11-17-13(2)16/h14-15H,3-12H2,1-2H3/t14-,15+/m1/s1. The first-order valence-corrected chi connectivity index (χ1v) is 7.62. The Hall–Kier alpha value is -0.610. The molecule has 4 heteroatoms. The van der Waals surface area contributed by atoms with Crippen LogP contribution in [0.5, 0.6) is 0 Å². The molecule has 1 aliphatic rings. The summed E-state index contributed by atoms with van der Waals surface area (Å²) in [4.78, 5) is 10.7. The van der Waals surface area contributed by atoms with Crippen molar-refractivity contribution < 1.29 is 19.0 Å². The number of carbonyl (C=O) groups is 1. The maximum Gasteiger partial charge on any atom is 0.302 e. The summed E-state index contributed by atoms with van der Waals surface area (Å²) in [5.74, 6) is -0.265. The molecule has 2 atom stereocenters. The SMILES string of the molecule is CCCCCCCCC[C@H]1OC[C@@H](COC(C)=O)O1. The van der Waals surface area contributed by atoms with Gasteiger partial charge in [-0.25, -0.2) is 0 Å². The third kappa shape index (κ3) is 8.22. The van der Waals surface area contributed by atoms with E-state index in [0.29, 0.717) is 13.2 Å². The van der Waals surface area contributed by atoms with E-state index < -0.39 is 0 Å². The Morgan fingerprint density at radius 2 is 1.84 bits per heavy atom. The van der Waals surface area contributed by atoms with Gasteiger partial charge in [-0.05, 0) is 12.8 Å². The first kappa shape index (κ1) is 16.4. The molecule has 0 aliphatic carbocycles. The maximum atomic E-state index is 10.7. The minimum Gasteiger partial charge on any atom is -0.463 e. The molecule has 0 aromatic rings. The van der Waals surface area contributed by atoms with Gasteiger partial charge < -0.3 is 14.2 Å². The van der Waals surface area contributed by atoms with E-state index in [4.69, 9.17) is 14.2 Å². The van der Waals surface area contributed by atoms with Crippen molar-refractivity contribution in [3.05, 3.63) is 0 Å². The van der Waals surface area contributed by atoms with Crippen LogP contribution in [-0.2, 0) is 19.0 Å². The summed E-state index contributed by atoms with van der Waals surface area (Å²) in [7, 11) is 0. The fraction of sp³-hybridized carbons (Fsp3) is 0.933. The number of hydrogen-bond acceptors (Lipinski definition) is 4. The summed E-state index contributed by atoms with van der Waals surface area (Å²) >= 11 is 0. The van der Waals surface area contributed by atoms with Crippen molar-refractivity contribution in [2.24, 2.45) is 0 Å². The highest BCUT2D eigenvalue weighted by Gasteiger charge is 2.26. The predicted molar refractivity (Wildman–Crippen MR) is 73.9 cm³/mol. The van der Waals surface area contributed by atoms with Gasteiger partial charge in [0, 0.05) is 6.92 Å². The zero-order chi connectivity index (χ0) is 13.9. The molecule has 1 aliphatic heterocycles. The summed E-state index contributed by atoms with van der Waals surface area (Å²) in [6.45, 7) is 4.49. The number of hydrogen-bond donors (Lipinski definition) is 0. The largest absolute Gasteiger partial charge is 0.463 e. The Balaban J connectivity index is 1.92. The molecule has 0 bridgehead atoms. The number of rotatable bonds is 10. The van der Waals surface area contributed by atoms with E-state index in [1.807, 2.05) is 0 Å². The number of unbranched alkanes of at least 4 members (excludes halogenated alkanes) is 6. The van der Waals surface area contributed by atoms with Crippen molar-refractivity contribution in [2.75, 3.05) is 13.2 Å². The molecule has 1 saturated heterocycles. The van der Waals surface area contributed by atoms with Crippen LogP contribution in [0.2, 0.25) is 0 Å². The minimum absolute atomic E-state index is 0.0848. The van der Waals surface area contributed by atoms with Gasteiger partial charge in [-0.3, -0.25) is 4.79 Å². The molecule has 4 nitrogen and oxygen atoms in total. The topological polar surface area (TPSA) is 44.8 Å². The van der Waals surface area contributed by atoms with Crippen molar-refractivity contribution in [2.45, 2.75) is 77.6 Å². The molecule has 1 heterocycles. The van der Waals surface area contributed by atoms with Crippen LogP contribution in [0.15, 0.2) is 0 Å². The van der Waals surface area contributed by atoms with E-state index in [2.05, 4.69) is 6.92 Å². The Morgan fingerprint density at radius 1 is 1.16 bits per heavy atom. The van der Waals surface area contributed by atoms with Crippen molar-refractivity contribution in [3.8, 4) is 0 Å². The molecule has 0 aromatic carbocycles. The summed E-state index contributed by atoms with van der Waals surface area (Å²) < 4.78 is 16.1. The smallest absolute Gasteiger partial charge is 0.302 e. The molecule has 0 amide bonds. The average molecular weight is 272 g/mol. The second-order valence-corrected chi connectivity index (χ2v) is 5.23. The highest BCUT2D eigenvalue weighted by atomic mass is 16.7. The van der Waals surface area contributed by atoms with E-state index in [1.54, 1.807) is 0 Å². The lowest BCUT2D eigenvalue weighted by atomic mass is 10.1. The van der Waals surface area contributed by atoms with E-state index in [9.17, 15) is 4.79 Å². The summed E-state index contributed by atoms with van der Waals surface area (Å²) in [5.41, 5.74) is 0. The fourth-order valence-electron chi connectivity index (χ4n) is 2.23. The van der Waals surface area contributed by atoms with Gasteiger partial charge in [-0.15, -0.1) is 0 Å². The molecule has 1 fully saturated rings. The van der Waals surface area contributed by atoms with Crippen LogP contribution < -0.4 is 0 Å². The van der Waals surface area contributed by atoms with Gasteiger partial charge in [0.2, 0.25) is 0 Å². The van der Waals surface area contributed by atoms with Crippen molar-refractivity contribution in [1.29, 1.82) is 0 Å². The second kappa shape index (κ2) is 10.2. The molecule has 0 saturated carbocycles. The molecule has 19 heavy (non-hydrogen) atoms. The first-order chi connectivity index (χ1) is 9.22. The quantitative estimate of drug-likeness (QED) is 0.451. The second-order valence-electron chi connectivity index (χ2n) is 5.23. The van der Waals surface area contributed by atoms with Gasteiger partial charge in [-0.1, -0.05) is 45.4 Å². The lowest BCUT2D eigenvalue weighted by molar-refractivity contribution is -0.145. The third-order valence-corrected chi connectivity index (χ3v) is 3.33. The first-order valence-electron chi connectivity index (χ1n) is 7.62. The average Bonchev–Trinajstić information content (AvgIpc) is 2.83. The van der Waals surface area contributed by atoms with Gasteiger partial charge in [0.1, 0.15) is 12.7 Å². The summed E-state index contributed by atoms with van der Waals surface area (Å²) in [6, 6.07) is 0. The van der Waals surface area contributed by atoms with Crippen LogP contribution in [0.1, 0.15) is 65.2 Å². The Morgan fingerprint density at radius 3 is 2.53 bits per heavy atom. The number of carbonyl (C=O) groups excluding carboxylic acids is 1. The normalized spacial score (nSPS) is 22.6. The van der Waals surface area contributed by atoms with Crippen LogP contribution >= 0.6 is 0 Å². The lowest BCUT2D eigenvalue weighted by Gasteiger charge is -2.11. The highest BCUT2D eigenvalue weighted by molar-refractivity contribution is 5.65. The molecule has 0 unspecified atom stereocenters. The maximum absolute atomic E-state index is 10.7. The summed E-state index contributed by atoms with van der Waals surface area (Å²) in [5, 5.41) is 0. The van der Waals surface area contributed by atoms with Gasteiger partial charge in [0.05, 0.1) is 6.61 Å². The van der Waals surface area contributed by atoms with Crippen molar-refractivity contribution in [3.63, 3.8) is 0 Å². The zero-order valence-corrected chi connectivity index (χ0v) is 12.4. The van der Waals surface area contributed by atoms with Crippen LogP contribution in [0.25, 0.3) is 0 Å². The monoisotopic (exact) mass is 272 g/mol. The highest BCUT2D eigenvalue weighted by Crippen LogP contribution is 2.18. The molecular formula is C15H28O4.